The fourth-order valence-corrected chi connectivity index (χ4v) is 3.72. The van der Waals surface area contributed by atoms with Crippen molar-refractivity contribution >= 4 is 39.8 Å². The predicted octanol–water partition coefficient (Wildman–Crippen LogP) is 3.75. The summed E-state index contributed by atoms with van der Waals surface area (Å²) < 4.78 is 16.2. The van der Waals surface area contributed by atoms with Crippen LogP contribution in [-0.2, 0) is 24.7 Å². The molecule has 3 aromatic carbocycles. The molecule has 0 bridgehead atoms. The number of esters is 1. The highest BCUT2D eigenvalue weighted by Crippen LogP contribution is 2.42. The fourth-order valence-electron chi connectivity index (χ4n) is 3.72. The molecular weight excluding hydrogens is 444 g/mol. The van der Waals surface area contributed by atoms with Crippen molar-refractivity contribution in [2.45, 2.75) is 19.4 Å². The lowest BCUT2D eigenvalue weighted by molar-refractivity contribution is -0.383. The molecule has 0 heterocycles. The SMILES string of the molecule is COc1ccc2ccc(OC)c(C(OC(C)=O)(C(C)=O)C(=O)Nc3ccccc3[N+](=O)[O-])c2c1. The number of benzene rings is 3. The van der Waals surface area contributed by atoms with Crippen molar-refractivity contribution in [2.75, 3.05) is 19.5 Å². The number of ketones is 1. The van der Waals surface area contributed by atoms with E-state index in [0.29, 0.717) is 16.5 Å². The zero-order valence-electron chi connectivity index (χ0n) is 18.9. The van der Waals surface area contributed by atoms with Crippen LogP contribution in [-0.4, -0.2) is 36.8 Å². The van der Waals surface area contributed by atoms with Crippen LogP contribution in [0, 0.1) is 10.1 Å². The molecule has 0 radical (unpaired) electrons. The van der Waals surface area contributed by atoms with Gasteiger partial charge in [0, 0.05) is 13.0 Å². The summed E-state index contributed by atoms with van der Waals surface area (Å²) >= 11 is 0. The number of Topliss-reactive ketones (excluding diaryl/α,β-unsaturated/α-hetero) is 1. The van der Waals surface area contributed by atoms with E-state index in [0.717, 1.165) is 13.8 Å². The lowest BCUT2D eigenvalue weighted by atomic mass is 9.84. The van der Waals surface area contributed by atoms with E-state index in [1.807, 2.05) is 0 Å². The number of hydrogen-bond donors (Lipinski definition) is 1. The number of ether oxygens (including phenoxy) is 3. The molecule has 0 spiro atoms. The number of hydrogen-bond acceptors (Lipinski definition) is 8. The van der Waals surface area contributed by atoms with Crippen molar-refractivity contribution in [3.8, 4) is 11.5 Å². The second-order valence-electron chi connectivity index (χ2n) is 7.29. The smallest absolute Gasteiger partial charge is 0.304 e. The van der Waals surface area contributed by atoms with Gasteiger partial charge in [-0.2, -0.15) is 0 Å². The van der Waals surface area contributed by atoms with Crippen LogP contribution in [0.25, 0.3) is 10.8 Å². The Balaban J connectivity index is 2.36. The standard InChI is InChI=1S/C24H22N2O8/c1-14(27)24(34-15(2)28,23(29)25-19-7-5-6-8-20(19)26(30)31)22-18-13-17(32-3)11-9-16(18)10-12-21(22)33-4/h5-13H,1-4H3,(H,25,29). The van der Waals surface area contributed by atoms with E-state index in [9.17, 15) is 24.5 Å². The maximum Gasteiger partial charge on any atom is 0.304 e. The molecule has 0 saturated heterocycles. The van der Waals surface area contributed by atoms with Gasteiger partial charge in [-0.25, -0.2) is 0 Å². The first-order chi connectivity index (χ1) is 16.1. The van der Waals surface area contributed by atoms with Gasteiger partial charge in [0.15, 0.2) is 5.78 Å². The molecule has 0 aromatic heterocycles. The molecule has 176 valence electrons. The minimum atomic E-state index is -2.52. The first-order valence-electron chi connectivity index (χ1n) is 10.1. The minimum Gasteiger partial charge on any atom is -0.497 e. The lowest BCUT2D eigenvalue weighted by Crippen LogP contribution is -2.49. The Hall–Kier alpha value is -4.47. The van der Waals surface area contributed by atoms with E-state index < -0.39 is 33.9 Å². The summed E-state index contributed by atoms with van der Waals surface area (Å²) in [6, 6.07) is 13.6. The van der Waals surface area contributed by atoms with E-state index in [2.05, 4.69) is 5.32 Å². The van der Waals surface area contributed by atoms with Gasteiger partial charge in [-0.15, -0.1) is 0 Å². The van der Waals surface area contributed by atoms with Gasteiger partial charge in [0.25, 0.3) is 17.2 Å². The number of carbonyl (C=O) groups is 3. The Morgan fingerprint density at radius 3 is 2.24 bits per heavy atom. The summed E-state index contributed by atoms with van der Waals surface area (Å²) in [5.74, 6) is -2.35. The number of nitrogens with one attached hydrogen (secondary N) is 1. The van der Waals surface area contributed by atoms with Crippen LogP contribution < -0.4 is 14.8 Å². The van der Waals surface area contributed by atoms with E-state index in [1.165, 1.54) is 44.6 Å². The molecule has 1 amide bonds. The van der Waals surface area contributed by atoms with Crippen molar-refractivity contribution in [1.82, 2.24) is 0 Å². The van der Waals surface area contributed by atoms with Crippen molar-refractivity contribution in [1.29, 1.82) is 0 Å². The van der Waals surface area contributed by atoms with Crippen molar-refractivity contribution < 1.29 is 33.5 Å². The minimum absolute atomic E-state index is 0.0369. The molecule has 0 aliphatic rings. The molecule has 0 aliphatic carbocycles. The predicted molar refractivity (Wildman–Crippen MR) is 123 cm³/mol. The molecule has 0 saturated carbocycles. The van der Waals surface area contributed by atoms with E-state index in [1.54, 1.807) is 24.3 Å². The third kappa shape index (κ3) is 4.25. The molecule has 10 nitrogen and oxygen atoms in total. The number of carbonyl (C=O) groups excluding carboxylic acids is 3. The van der Waals surface area contributed by atoms with Crippen molar-refractivity contribution in [3.05, 3.63) is 70.3 Å². The molecule has 3 rings (SSSR count). The van der Waals surface area contributed by atoms with E-state index in [-0.39, 0.29) is 17.0 Å². The second-order valence-corrected chi connectivity index (χ2v) is 7.29. The molecular formula is C24H22N2O8. The maximum absolute atomic E-state index is 13.7. The Morgan fingerprint density at radius 2 is 1.65 bits per heavy atom. The normalized spacial score (nSPS) is 12.4. The number of anilines is 1. The van der Waals surface area contributed by atoms with Gasteiger partial charge >= 0.3 is 5.97 Å². The average Bonchev–Trinajstić information content (AvgIpc) is 2.81. The molecule has 0 fully saturated rings. The van der Waals surface area contributed by atoms with Crippen LogP contribution in [0.4, 0.5) is 11.4 Å². The summed E-state index contributed by atoms with van der Waals surface area (Å²) in [5.41, 5.74) is -3.13. The largest absolute Gasteiger partial charge is 0.497 e. The third-order valence-electron chi connectivity index (χ3n) is 5.22. The van der Waals surface area contributed by atoms with Gasteiger partial charge in [-0.05, 0) is 42.0 Å². The van der Waals surface area contributed by atoms with Gasteiger partial charge in [0.2, 0.25) is 0 Å². The number of nitrogens with zero attached hydrogens (tertiary/aromatic N) is 1. The lowest BCUT2D eigenvalue weighted by Gasteiger charge is -2.32. The van der Waals surface area contributed by atoms with Crippen molar-refractivity contribution in [3.63, 3.8) is 0 Å². The van der Waals surface area contributed by atoms with Crippen LogP contribution in [0.1, 0.15) is 19.4 Å². The number of rotatable bonds is 8. The zero-order chi connectivity index (χ0) is 25.0. The molecule has 10 heteroatoms. The van der Waals surface area contributed by atoms with Gasteiger partial charge in [0.1, 0.15) is 17.2 Å². The Labute approximate surface area is 194 Å². The number of methoxy groups -OCH3 is 2. The van der Waals surface area contributed by atoms with Crippen LogP contribution in [0.2, 0.25) is 0 Å². The summed E-state index contributed by atoms with van der Waals surface area (Å²) in [6.07, 6.45) is 0. The quantitative estimate of drug-likeness (QED) is 0.230. The van der Waals surface area contributed by atoms with E-state index >= 15 is 0 Å². The topological polar surface area (TPSA) is 134 Å². The summed E-state index contributed by atoms with van der Waals surface area (Å²) in [7, 11) is 2.79. The number of nitro benzene ring substituents is 1. The Morgan fingerprint density at radius 1 is 0.971 bits per heavy atom. The van der Waals surface area contributed by atoms with E-state index in [4.69, 9.17) is 14.2 Å². The molecule has 1 atom stereocenters. The van der Waals surface area contributed by atoms with Gasteiger partial charge in [0.05, 0.1) is 24.7 Å². The fraction of sp³-hybridized carbons (Fsp3) is 0.208. The van der Waals surface area contributed by atoms with Gasteiger partial charge < -0.3 is 19.5 Å². The monoisotopic (exact) mass is 466 g/mol. The van der Waals surface area contributed by atoms with Gasteiger partial charge in [-0.3, -0.25) is 24.5 Å². The third-order valence-corrected chi connectivity index (χ3v) is 5.22. The second kappa shape index (κ2) is 9.57. The molecule has 34 heavy (non-hydrogen) atoms. The highest BCUT2D eigenvalue weighted by Gasteiger charge is 2.52. The van der Waals surface area contributed by atoms with Gasteiger partial charge in [-0.1, -0.05) is 24.3 Å². The summed E-state index contributed by atoms with van der Waals surface area (Å²) in [6.45, 7) is 2.13. The summed E-state index contributed by atoms with van der Waals surface area (Å²) in [5, 5.41) is 14.8. The maximum atomic E-state index is 13.7. The van der Waals surface area contributed by atoms with Crippen LogP contribution in [0.15, 0.2) is 54.6 Å². The number of nitro groups is 1. The Bertz CT molecular complexity index is 1300. The number of fused-ring (bicyclic) bond motifs is 1. The van der Waals surface area contributed by atoms with Crippen molar-refractivity contribution in [2.24, 2.45) is 0 Å². The number of amides is 1. The number of para-hydroxylation sites is 2. The first kappa shape index (κ1) is 24.2. The highest BCUT2D eigenvalue weighted by atomic mass is 16.6. The molecule has 0 aliphatic heterocycles. The van der Waals surface area contributed by atoms with Crippen LogP contribution in [0.5, 0.6) is 11.5 Å². The van der Waals surface area contributed by atoms with Crippen LogP contribution >= 0.6 is 0 Å². The highest BCUT2D eigenvalue weighted by molar-refractivity contribution is 6.18. The average molecular weight is 466 g/mol. The zero-order valence-corrected chi connectivity index (χ0v) is 18.9. The van der Waals surface area contributed by atoms with Crippen LogP contribution in [0.3, 0.4) is 0 Å². The Kier molecular flexibility index (Phi) is 6.81. The first-order valence-corrected chi connectivity index (χ1v) is 10.1. The molecule has 1 N–H and O–H groups in total. The molecule has 3 aromatic rings. The summed E-state index contributed by atoms with van der Waals surface area (Å²) in [4.78, 5) is 49.9. The molecule has 1 unspecified atom stereocenters.